The van der Waals surface area contributed by atoms with E-state index in [1.807, 2.05) is 0 Å². The van der Waals surface area contributed by atoms with E-state index in [2.05, 4.69) is 100 Å². The highest BCUT2D eigenvalue weighted by Gasteiger charge is 2.14. The molecule has 0 fully saturated rings. The van der Waals surface area contributed by atoms with Gasteiger partial charge < -0.3 is 0 Å². The Morgan fingerprint density at radius 1 is 0.600 bits per heavy atom. The number of hydrogen-bond donors (Lipinski definition) is 0. The second-order valence-electron chi connectivity index (χ2n) is 4.50. The van der Waals surface area contributed by atoms with Crippen molar-refractivity contribution in [3.05, 3.63) is 84.9 Å². The lowest BCUT2D eigenvalue weighted by atomic mass is 10.1. The first-order valence-electron chi connectivity index (χ1n) is 6.51. The molecule has 0 aromatic heterocycles. The Morgan fingerprint density at radius 3 is 1.85 bits per heavy atom. The lowest BCUT2D eigenvalue weighted by Crippen LogP contribution is -2.10. The summed E-state index contributed by atoms with van der Waals surface area (Å²) in [7, 11) is 0. The van der Waals surface area contributed by atoms with Crippen LogP contribution in [0.4, 0.5) is 0 Å². The molecule has 1 atom stereocenters. The van der Waals surface area contributed by atoms with Gasteiger partial charge in [0.15, 0.2) is 0 Å². The van der Waals surface area contributed by atoms with Crippen LogP contribution in [0, 0.1) is 0 Å². The van der Waals surface area contributed by atoms with Crippen molar-refractivity contribution in [3.63, 3.8) is 0 Å². The molecule has 3 aromatic carbocycles. The maximum absolute atomic E-state index is 3.91. The van der Waals surface area contributed by atoms with Crippen LogP contribution in [-0.2, 0) is 0 Å². The summed E-state index contributed by atoms with van der Waals surface area (Å²) < 4.78 is 0. The summed E-state index contributed by atoms with van der Waals surface area (Å²) in [5, 5.41) is 2.70. The highest BCUT2D eigenvalue weighted by Crippen LogP contribution is 2.44. The van der Waals surface area contributed by atoms with Crippen molar-refractivity contribution in [1.82, 2.24) is 0 Å². The Balaban J connectivity index is 2.07. The van der Waals surface area contributed by atoms with E-state index in [0.717, 1.165) is 0 Å². The van der Waals surface area contributed by atoms with Gasteiger partial charge in [-0.15, -0.1) is 0 Å². The van der Waals surface area contributed by atoms with Gasteiger partial charge >= 0.3 is 0 Å². The fourth-order valence-corrected chi connectivity index (χ4v) is 5.19. The minimum atomic E-state index is -0.503. The first-order chi connectivity index (χ1) is 9.86. The van der Waals surface area contributed by atoms with E-state index in [4.69, 9.17) is 0 Å². The lowest BCUT2D eigenvalue weighted by Gasteiger charge is -2.15. The second-order valence-corrected chi connectivity index (χ2v) is 8.19. The van der Waals surface area contributed by atoms with Crippen molar-refractivity contribution in [2.45, 2.75) is 0 Å². The molecule has 3 rings (SSSR count). The monoisotopic (exact) mass is 340 g/mol. The molecule has 0 bridgehead atoms. The van der Waals surface area contributed by atoms with Crippen molar-refractivity contribution in [2.24, 2.45) is 0 Å². The van der Waals surface area contributed by atoms with Gasteiger partial charge in [0.25, 0.3) is 0 Å². The molecule has 0 heterocycles. The molecule has 0 aliphatic carbocycles. The van der Waals surface area contributed by atoms with E-state index >= 15 is 0 Å². The highest BCUT2D eigenvalue weighted by atomic mass is 79.9. The number of hydrogen-bond acceptors (Lipinski definition) is 0. The third-order valence-electron chi connectivity index (χ3n) is 3.18. The molecule has 0 aliphatic heterocycles. The van der Waals surface area contributed by atoms with Gasteiger partial charge in [-0.05, 0) is 37.2 Å². The summed E-state index contributed by atoms with van der Waals surface area (Å²) in [5.41, 5.74) is 2.57. The number of benzene rings is 3. The molecular formula is C18H14BrP. The van der Waals surface area contributed by atoms with E-state index in [1.54, 1.807) is 0 Å². The van der Waals surface area contributed by atoms with Crippen molar-refractivity contribution in [3.8, 4) is 11.1 Å². The van der Waals surface area contributed by atoms with Gasteiger partial charge in [0, 0.05) is 6.62 Å². The molecule has 0 spiro atoms. The quantitative estimate of drug-likeness (QED) is 0.582. The Kier molecular flexibility index (Phi) is 4.30. The SMILES string of the molecule is BrP(c1ccccc1)c1ccccc1-c1ccccc1. The molecule has 0 saturated heterocycles. The first-order valence-corrected chi connectivity index (χ1v) is 9.88. The molecule has 1 unspecified atom stereocenters. The summed E-state index contributed by atoms with van der Waals surface area (Å²) in [4.78, 5) is 0. The third-order valence-corrected chi connectivity index (χ3v) is 7.12. The molecule has 0 radical (unpaired) electrons. The number of halogens is 1. The van der Waals surface area contributed by atoms with Crippen LogP contribution >= 0.6 is 22.1 Å². The summed E-state index contributed by atoms with van der Waals surface area (Å²) in [6, 6.07) is 29.8. The maximum atomic E-state index is 3.91. The van der Waals surface area contributed by atoms with E-state index in [9.17, 15) is 0 Å². The summed E-state index contributed by atoms with van der Waals surface area (Å²) in [5.74, 6) is 0. The predicted octanol–water partition coefficient (Wildman–Crippen LogP) is 5.10. The molecule has 0 aliphatic rings. The van der Waals surface area contributed by atoms with Gasteiger partial charge in [-0.1, -0.05) is 84.9 Å². The zero-order valence-electron chi connectivity index (χ0n) is 10.9. The fourth-order valence-electron chi connectivity index (χ4n) is 2.20. The Bertz CT molecular complexity index is 680. The standard InChI is InChI=1S/C18H14BrP/c19-20(16-11-5-2-6-12-16)18-14-8-7-13-17(18)15-9-3-1-4-10-15/h1-14H. The average Bonchev–Trinajstić information content (AvgIpc) is 2.56. The van der Waals surface area contributed by atoms with Gasteiger partial charge in [-0.25, -0.2) is 0 Å². The molecule has 98 valence electrons. The third kappa shape index (κ3) is 2.85. The van der Waals surface area contributed by atoms with Gasteiger partial charge in [0.1, 0.15) is 0 Å². The maximum Gasteiger partial charge on any atom is 0.0272 e. The van der Waals surface area contributed by atoms with Gasteiger partial charge in [0.05, 0.1) is 0 Å². The highest BCUT2D eigenvalue weighted by molar-refractivity contribution is 9.40. The summed E-state index contributed by atoms with van der Waals surface area (Å²) in [6.07, 6.45) is 0. The molecule has 0 amide bonds. The molecular weight excluding hydrogens is 327 g/mol. The second kappa shape index (κ2) is 6.35. The van der Waals surface area contributed by atoms with Gasteiger partial charge in [0.2, 0.25) is 0 Å². The molecule has 20 heavy (non-hydrogen) atoms. The van der Waals surface area contributed by atoms with Crippen LogP contribution in [0.25, 0.3) is 11.1 Å². The van der Waals surface area contributed by atoms with Crippen LogP contribution in [0.15, 0.2) is 84.9 Å². The van der Waals surface area contributed by atoms with E-state index in [-0.39, 0.29) is 0 Å². The predicted molar refractivity (Wildman–Crippen MR) is 93.4 cm³/mol. The molecule has 3 aromatic rings. The smallest absolute Gasteiger partial charge is 0.0272 e. The van der Waals surface area contributed by atoms with Crippen LogP contribution in [0.2, 0.25) is 0 Å². The van der Waals surface area contributed by atoms with Gasteiger partial charge in [-0.2, -0.15) is 0 Å². The Hall–Kier alpha value is -1.43. The van der Waals surface area contributed by atoms with E-state index in [0.29, 0.717) is 0 Å². The lowest BCUT2D eigenvalue weighted by molar-refractivity contribution is 1.65. The van der Waals surface area contributed by atoms with Crippen molar-refractivity contribution >= 4 is 32.7 Å². The number of rotatable bonds is 3. The topological polar surface area (TPSA) is 0 Å². The van der Waals surface area contributed by atoms with E-state index < -0.39 is 6.62 Å². The first kappa shape index (κ1) is 13.5. The zero-order valence-corrected chi connectivity index (χ0v) is 13.4. The Morgan fingerprint density at radius 2 is 1.15 bits per heavy atom. The van der Waals surface area contributed by atoms with Crippen LogP contribution in [0.5, 0.6) is 0 Å². The summed E-state index contributed by atoms with van der Waals surface area (Å²) >= 11 is 3.91. The van der Waals surface area contributed by atoms with Crippen molar-refractivity contribution in [1.29, 1.82) is 0 Å². The average molecular weight is 341 g/mol. The minimum Gasteiger partial charge on any atom is -0.0622 e. The molecule has 2 heteroatoms. The van der Waals surface area contributed by atoms with Crippen LogP contribution < -0.4 is 10.6 Å². The zero-order chi connectivity index (χ0) is 13.8. The van der Waals surface area contributed by atoms with Crippen LogP contribution in [-0.4, -0.2) is 0 Å². The Labute approximate surface area is 129 Å². The summed E-state index contributed by atoms with van der Waals surface area (Å²) in [6.45, 7) is -0.503. The van der Waals surface area contributed by atoms with Crippen molar-refractivity contribution < 1.29 is 0 Å². The van der Waals surface area contributed by atoms with Crippen LogP contribution in [0.3, 0.4) is 0 Å². The largest absolute Gasteiger partial charge is 0.0622 e. The molecule has 0 saturated carbocycles. The fraction of sp³-hybridized carbons (Fsp3) is 0. The van der Waals surface area contributed by atoms with Crippen LogP contribution in [0.1, 0.15) is 0 Å². The van der Waals surface area contributed by atoms with Crippen molar-refractivity contribution in [2.75, 3.05) is 0 Å². The van der Waals surface area contributed by atoms with E-state index in [1.165, 1.54) is 21.7 Å². The van der Waals surface area contributed by atoms with Gasteiger partial charge in [-0.3, -0.25) is 0 Å². The normalized spacial score (nSPS) is 12.1. The molecule has 0 N–H and O–H groups in total. The minimum absolute atomic E-state index is 0.503. The molecule has 0 nitrogen and oxygen atoms in total.